The molecule has 0 atom stereocenters. The lowest BCUT2D eigenvalue weighted by Crippen LogP contribution is -2.28. The van der Waals surface area contributed by atoms with E-state index >= 15 is 0 Å². The molecular formula is C16H15Cl2N. The highest BCUT2D eigenvalue weighted by Gasteiger charge is 2.20. The first-order chi connectivity index (χ1) is 9.22. The predicted molar refractivity (Wildman–Crippen MR) is 80.9 cm³/mol. The Bertz CT molecular complexity index is 570. The zero-order valence-electron chi connectivity index (χ0n) is 10.5. The minimum absolute atomic E-state index is 0.520. The maximum Gasteiger partial charge on any atom is 0.0595 e. The van der Waals surface area contributed by atoms with E-state index < -0.39 is 0 Å². The molecular weight excluding hydrogens is 277 g/mol. The van der Waals surface area contributed by atoms with Crippen LogP contribution < -0.4 is 5.32 Å². The second kappa shape index (κ2) is 5.54. The van der Waals surface area contributed by atoms with Gasteiger partial charge in [-0.15, -0.1) is 0 Å². The second-order valence-corrected chi connectivity index (χ2v) is 5.82. The van der Waals surface area contributed by atoms with Gasteiger partial charge in [-0.25, -0.2) is 0 Å². The van der Waals surface area contributed by atoms with E-state index in [2.05, 4.69) is 29.6 Å². The molecule has 19 heavy (non-hydrogen) atoms. The van der Waals surface area contributed by atoms with Crippen LogP contribution in [0.1, 0.15) is 16.7 Å². The van der Waals surface area contributed by atoms with Crippen LogP contribution in [0, 0.1) is 0 Å². The minimum atomic E-state index is 0.520. The summed E-state index contributed by atoms with van der Waals surface area (Å²) < 4.78 is 0. The lowest BCUT2D eigenvalue weighted by Gasteiger charge is -2.12. The Balaban J connectivity index is 1.61. The van der Waals surface area contributed by atoms with Gasteiger partial charge >= 0.3 is 0 Å². The molecule has 1 aliphatic rings. The van der Waals surface area contributed by atoms with Gasteiger partial charge in [-0.05, 0) is 41.7 Å². The monoisotopic (exact) mass is 291 g/mol. The van der Waals surface area contributed by atoms with Gasteiger partial charge in [0.1, 0.15) is 0 Å². The third-order valence-electron chi connectivity index (χ3n) is 3.63. The molecule has 1 N–H and O–H groups in total. The molecule has 0 saturated carbocycles. The van der Waals surface area contributed by atoms with Crippen molar-refractivity contribution in [1.29, 1.82) is 0 Å². The molecule has 0 bridgehead atoms. The van der Waals surface area contributed by atoms with E-state index in [0.29, 0.717) is 16.1 Å². The summed E-state index contributed by atoms with van der Waals surface area (Å²) in [5.74, 6) is 0. The van der Waals surface area contributed by atoms with E-state index in [-0.39, 0.29) is 0 Å². The highest BCUT2D eigenvalue weighted by atomic mass is 35.5. The van der Waals surface area contributed by atoms with E-state index in [4.69, 9.17) is 23.2 Å². The highest BCUT2D eigenvalue weighted by molar-refractivity contribution is 6.42. The van der Waals surface area contributed by atoms with Gasteiger partial charge in [0.25, 0.3) is 0 Å². The zero-order chi connectivity index (χ0) is 13.2. The maximum atomic E-state index is 6.02. The molecule has 0 fully saturated rings. The fourth-order valence-electron chi connectivity index (χ4n) is 2.61. The average Bonchev–Trinajstić information content (AvgIpc) is 2.83. The summed E-state index contributed by atoms with van der Waals surface area (Å²) in [7, 11) is 0. The van der Waals surface area contributed by atoms with Crippen LogP contribution in [0.15, 0.2) is 42.5 Å². The fourth-order valence-corrected chi connectivity index (χ4v) is 2.94. The van der Waals surface area contributed by atoms with Crippen LogP contribution in [0.4, 0.5) is 0 Å². The van der Waals surface area contributed by atoms with Gasteiger partial charge in [0.2, 0.25) is 0 Å². The smallest absolute Gasteiger partial charge is 0.0595 e. The van der Waals surface area contributed by atoms with Crippen LogP contribution in [0.2, 0.25) is 10.0 Å². The lowest BCUT2D eigenvalue weighted by molar-refractivity contribution is 0.533. The summed E-state index contributed by atoms with van der Waals surface area (Å²) in [5.41, 5.74) is 4.11. The average molecular weight is 292 g/mol. The molecule has 0 amide bonds. The highest BCUT2D eigenvalue weighted by Crippen LogP contribution is 2.24. The Morgan fingerprint density at radius 1 is 0.947 bits per heavy atom. The quantitative estimate of drug-likeness (QED) is 0.891. The van der Waals surface area contributed by atoms with Crippen molar-refractivity contribution in [2.45, 2.75) is 25.4 Å². The second-order valence-electron chi connectivity index (χ2n) is 5.00. The molecule has 0 aromatic heterocycles. The summed E-state index contributed by atoms with van der Waals surface area (Å²) >= 11 is 11.9. The fraction of sp³-hybridized carbons (Fsp3) is 0.250. The molecule has 2 aromatic carbocycles. The van der Waals surface area contributed by atoms with Crippen molar-refractivity contribution < 1.29 is 0 Å². The van der Waals surface area contributed by atoms with Crippen LogP contribution in [-0.2, 0) is 19.4 Å². The number of nitrogens with one attached hydrogen (secondary N) is 1. The van der Waals surface area contributed by atoms with Crippen LogP contribution in [-0.4, -0.2) is 6.04 Å². The van der Waals surface area contributed by atoms with E-state index in [1.54, 1.807) is 0 Å². The summed E-state index contributed by atoms with van der Waals surface area (Å²) in [5, 5.41) is 4.82. The third kappa shape index (κ3) is 2.94. The SMILES string of the molecule is Clc1ccc(CNC2Cc3ccccc3C2)cc1Cl. The Kier molecular flexibility index (Phi) is 3.79. The van der Waals surface area contributed by atoms with E-state index in [1.807, 2.05) is 18.2 Å². The third-order valence-corrected chi connectivity index (χ3v) is 4.37. The molecule has 98 valence electrons. The van der Waals surface area contributed by atoms with Crippen molar-refractivity contribution in [3.63, 3.8) is 0 Å². The summed E-state index contributed by atoms with van der Waals surface area (Å²) in [6.07, 6.45) is 2.22. The first kappa shape index (κ1) is 13.0. The Morgan fingerprint density at radius 2 is 1.63 bits per heavy atom. The van der Waals surface area contributed by atoms with Crippen molar-refractivity contribution in [3.05, 3.63) is 69.2 Å². The van der Waals surface area contributed by atoms with Crippen molar-refractivity contribution in [3.8, 4) is 0 Å². The number of rotatable bonds is 3. The molecule has 1 aliphatic carbocycles. The summed E-state index contributed by atoms with van der Waals surface area (Å²) in [6.45, 7) is 0.829. The van der Waals surface area contributed by atoms with Gasteiger partial charge in [0.15, 0.2) is 0 Å². The Hall–Kier alpha value is -1.02. The standard InChI is InChI=1S/C16H15Cl2N/c17-15-6-5-11(7-16(15)18)10-19-14-8-12-3-1-2-4-13(12)9-14/h1-7,14,19H,8-10H2. The molecule has 0 aliphatic heterocycles. The molecule has 2 aromatic rings. The van der Waals surface area contributed by atoms with Crippen LogP contribution in [0.25, 0.3) is 0 Å². The van der Waals surface area contributed by atoms with E-state index in [0.717, 1.165) is 19.4 Å². The largest absolute Gasteiger partial charge is 0.309 e. The Morgan fingerprint density at radius 3 is 2.26 bits per heavy atom. The van der Waals surface area contributed by atoms with Crippen LogP contribution in [0.5, 0.6) is 0 Å². The topological polar surface area (TPSA) is 12.0 Å². The molecule has 0 spiro atoms. The van der Waals surface area contributed by atoms with Gasteiger partial charge in [-0.2, -0.15) is 0 Å². The number of hydrogen-bond donors (Lipinski definition) is 1. The molecule has 0 saturated heterocycles. The zero-order valence-corrected chi connectivity index (χ0v) is 12.0. The number of benzene rings is 2. The lowest BCUT2D eigenvalue weighted by atomic mass is 10.1. The Labute approximate surface area is 123 Å². The minimum Gasteiger partial charge on any atom is -0.309 e. The molecule has 0 heterocycles. The summed E-state index contributed by atoms with van der Waals surface area (Å²) in [6, 6.07) is 15.0. The van der Waals surface area contributed by atoms with Gasteiger partial charge in [0, 0.05) is 12.6 Å². The van der Waals surface area contributed by atoms with Crippen molar-refractivity contribution in [2.24, 2.45) is 0 Å². The number of halogens is 2. The first-order valence-corrected chi connectivity index (χ1v) is 7.22. The van der Waals surface area contributed by atoms with E-state index in [1.165, 1.54) is 16.7 Å². The van der Waals surface area contributed by atoms with E-state index in [9.17, 15) is 0 Å². The maximum absolute atomic E-state index is 6.02. The molecule has 3 rings (SSSR count). The molecule has 3 heteroatoms. The molecule has 0 radical (unpaired) electrons. The van der Waals surface area contributed by atoms with Gasteiger partial charge in [-0.3, -0.25) is 0 Å². The van der Waals surface area contributed by atoms with Gasteiger partial charge in [0.05, 0.1) is 10.0 Å². The van der Waals surface area contributed by atoms with Crippen molar-refractivity contribution >= 4 is 23.2 Å². The first-order valence-electron chi connectivity index (χ1n) is 6.46. The number of hydrogen-bond acceptors (Lipinski definition) is 1. The van der Waals surface area contributed by atoms with Crippen LogP contribution in [0.3, 0.4) is 0 Å². The molecule has 0 unspecified atom stereocenters. The van der Waals surface area contributed by atoms with Crippen molar-refractivity contribution in [2.75, 3.05) is 0 Å². The van der Waals surface area contributed by atoms with Crippen LogP contribution >= 0.6 is 23.2 Å². The summed E-state index contributed by atoms with van der Waals surface area (Å²) in [4.78, 5) is 0. The van der Waals surface area contributed by atoms with Gasteiger partial charge in [-0.1, -0.05) is 53.5 Å². The van der Waals surface area contributed by atoms with Crippen molar-refractivity contribution in [1.82, 2.24) is 5.32 Å². The normalized spacial score (nSPS) is 14.6. The molecule has 1 nitrogen and oxygen atoms in total. The predicted octanol–water partition coefficient (Wildman–Crippen LogP) is 4.25. The van der Waals surface area contributed by atoms with Gasteiger partial charge < -0.3 is 5.32 Å². The number of fused-ring (bicyclic) bond motifs is 1.